The number of amides is 1. The molecule has 2 heterocycles. The van der Waals surface area contributed by atoms with Crippen molar-refractivity contribution in [2.75, 3.05) is 18.0 Å². The van der Waals surface area contributed by atoms with Crippen LogP contribution in [0.3, 0.4) is 0 Å². The minimum atomic E-state index is 0.0687. The molecule has 90 valence electrons. The van der Waals surface area contributed by atoms with E-state index in [2.05, 4.69) is 15.1 Å². The van der Waals surface area contributed by atoms with E-state index in [0.29, 0.717) is 19.5 Å². The summed E-state index contributed by atoms with van der Waals surface area (Å²) in [6.45, 7) is 2.90. The third-order valence-corrected chi connectivity index (χ3v) is 3.11. The summed E-state index contributed by atoms with van der Waals surface area (Å²) in [5.41, 5.74) is 10.1. The second-order valence-electron chi connectivity index (χ2n) is 4.23. The van der Waals surface area contributed by atoms with Crippen molar-refractivity contribution >= 4 is 11.6 Å². The van der Waals surface area contributed by atoms with Gasteiger partial charge in [0.1, 0.15) is 0 Å². The molecule has 0 N–H and O–H groups in total. The summed E-state index contributed by atoms with van der Waals surface area (Å²) in [5, 5.41) is 7.65. The van der Waals surface area contributed by atoms with Gasteiger partial charge in [-0.15, -0.1) is 0 Å². The fourth-order valence-electron chi connectivity index (χ4n) is 2.04. The van der Waals surface area contributed by atoms with E-state index in [1.165, 1.54) is 0 Å². The maximum absolute atomic E-state index is 11.9. The summed E-state index contributed by atoms with van der Waals surface area (Å²) in [6.07, 6.45) is 2.14. The molecule has 2 rings (SSSR count). The molecule has 1 aliphatic rings. The van der Waals surface area contributed by atoms with Crippen LogP contribution in [0.1, 0.15) is 12.1 Å². The number of nitrogens with zero attached hydrogens (tertiary/aromatic N) is 6. The Hall–Kier alpha value is -2.01. The molecule has 1 unspecified atom stereocenters. The highest BCUT2D eigenvalue weighted by Gasteiger charge is 2.31. The molecule has 17 heavy (non-hydrogen) atoms. The number of azide groups is 1. The van der Waals surface area contributed by atoms with Gasteiger partial charge in [-0.1, -0.05) is 5.11 Å². The minimum absolute atomic E-state index is 0.0687. The molecule has 7 nitrogen and oxygen atoms in total. The van der Waals surface area contributed by atoms with Crippen molar-refractivity contribution in [3.63, 3.8) is 0 Å². The van der Waals surface area contributed by atoms with Crippen molar-refractivity contribution in [2.24, 2.45) is 18.1 Å². The van der Waals surface area contributed by atoms with Crippen LogP contribution in [-0.4, -0.2) is 28.8 Å². The van der Waals surface area contributed by atoms with Crippen molar-refractivity contribution in [3.8, 4) is 0 Å². The quantitative estimate of drug-likeness (QED) is 0.449. The maximum atomic E-state index is 11.9. The predicted octanol–water partition coefficient (Wildman–Crippen LogP) is 1.39. The number of anilines is 1. The number of aryl methyl sites for hydroxylation is 1. The Bertz CT molecular complexity index is 487. The van der Waals surface area contributed by atoms with Gasteiger partial charge in [-0.05, 0) is 18.4 Å². The number of hydrogen-bond donors (Lipinski definition) is 0. The molecule has 1 saturated heterocycles. The van der Waals surface area contributed by atoms with Gasteiger partial charge < -0.3 is 4.90 Å². The molecule has 1 aromatic rings. The molecule has 0 aliphatic carbocycles. The van der Waals surface area contributed by atoms with Crippen LogP contribution < -0.4 is 4.90 Å². The predicted molar refractivity (Wildman–Crippen MR) is 62.4 cm³/mol. The van der Waals surface area contributed by atoms with Crippen molar-refractivity contribution in [3.05, 3.63) is 22.3 Å². The molecule has 1 amide bonds. The summed E-state index contributed by atoms with van der Waals surface area (Å²) >= 11 is 0. The second-order valence-corrected chi connectivity index (χ2v) is 4.23. The van der Waals surface area contributed by atoms with Gasteiger partial charge in [0.25, 0.3) is 0 Å². The summed E-state index contributed by atoms with van der Waals surface area (Å²) in [5.74, 6) is 0.178. The van der Waals surface area contributed by atoms with E-state index in [0.717, 1.165) is 11.4 Å². The van der Waals surface area contributed by atoms with Crippen LogP contribution in [0.2, 0.25) is 0 Å². The first-order valence-corrected chi connectivity index (χ1v) is 5.43. The van der Waals surface area contributed by atoms with Gasteiger partial charge >= 0.3 is 0 Å². The number of carbonyl (C=O) groups excluding carboxylic acids is 1. The van der Waals surface area contributed by atoms with Crippen LogP contribution in [0.5, 0.6) is 0 Å². The Kier molecular flexibility index (Phi) is 3.01. The summed E-state index contributed by atoms with van der Waals surface area (Å²) in [4.78, 5) is 16.3. The van der Waals surface area contributed by atoms with Crippen molar-refractivity contribution in [1.29, 1.82) is 0 Å². The van der Waals surface area contributed by atoms with Crippen LogP contribution in [0.25, 0.3) is 10.4 Å². The third kappa shape index (κ3) is 2.09. The molecule has 0 aromatic carbocycles. The lowest BCUT2D eigenvalue weighted by Gasteiger charge is -2.15. The van der Waals surface area contributed by atoms with Crippen LogP contribution in [0.15, 0.2) is 11.3 Å². The number of carbonyl (C=O) groups is 1. The molecular formula is C10H14N6O. The molecular weight excluding hydrogens is 220 g/mol. The zero-order valence-electron chi connectivity index (χ0n) is 9.87. The molecule has 0 saturated carbocycles. The third-order valence-electron chi connectivity index (χ3n) is 3.11. The molecule has 7 heteroatoms. The van der Waals surface area contributed by atoms with Crippen LogP contribution in [-0.2, 0) is 11.8 Å². The number of rotatable bonds is 3. The van der Waals surface area contributed by atoms with Gasteiger partial charge in [0.15, 0.2) is 0 Å². The van der Waals surface area contributed by atoms with Gasteiger partial charge in [-0.3, -0.25) is 9.48 Å². The lowest BCUT2D eigenvalue weighted by molar-refractivity contribution is -0.117. The standard InChI is InChI=1S/C10H14N6O/c1-7-9(5-13-15(7)2)16-6-8(3-10(16)17)4-12-14-11/h5,8H,3-4,6H2,1-2H3. The Balaban J connectivity index is 2.15. The molecule has 1 atom stereocenters. The van der Waals surface area contributed by atoms with Gasteiger partial charge in [-0.25, -0.2) is 0 Å². The van der Waals surface area contributed by atoms with Crippen molar-refractivity contribution in [2.45, 2.75) is 13.3 Å². The van der Waals surface area contributed by atoms with E-state index in [1.807, 2.05) is 14.0 Å². The SMILES string of the molecule is Cc1c(N2CC(CN=[N+]=[N-])CC2=O)cnn1C. The van der Waals surface area contributed by atoms with E-state index in [1.54, 1.807) is 15.8 Å². The van der Waals surface area contributed by atoms with Gasteiger partial charge in [0, 0.05) is 31.5 Å². The van der Waals surface area contributed by atoms with Crippen molar-refractivity contribution < 1.29 is 4.79 Å². The Morgan fingerprint density at radius 1 is 1.71 bits per heavy atom. The second kappa shape index (κ2) is 4.47. The summed E-state index contributed by atoms with van der Waals surface area (Å²) in [6, 6.07) is 0. The lowest BCUT2D eigenvalue weighted by Crippen LogP contribution is -2.25. The maximum Gasteiger partial charge on any atom is 0.227 e. The fraction of sp³-hybridized carbons (Fsp3) is 0.600. The Morgan fingerprint density at radius 3 is 3.06 bits per heavy atom. The van der Waals surface area contributed by atoms with Gasteiger partial charge in [0.2, 0.25) is 5.91 Å². The van der Waals surface area contributed by atoms with Crippen LogP contribution in [0, 0.1) is 12.8 Å². The Morgan fingerprint density at radius 2 is 2.47 bits per heavy atom. The first kappa shape index (κ1) is 11.5. The molecule has 0 spiro atoms. The zero-order chi connectivity index (χ0) is 12.4. The zero-order valence-corrected chi connectivity index (χ0v) is 9.87. The normalized spacial score (nSPS) is 19.5. The molecule has 1 aliphatic heterocycles. The fourth-order valence-corrected chi connectivity index (χ4v) is 2.04. The van der Waals surface area contributed by atoms with Crippen LogP contribution >= 0.6 is 0 Å². The monoisotopic (exact) mass is 234 g/mol. The first-order valence-electron chi connectivity index (χ1n) is 5.43. The van der Waals surface area contributed by atoms with Crippen molar-refractivity contribution in [1.82, 2.24) is 9.78 Å². The highest BCUT2D eigenvalue weighted by Crippen LogP contribution is 2.27. The highest BCUT2D eigenvalue weighted by molar-refractivity contribution is 5.96. The van der Waals surface area contributed by atoms with Crippen LogP contribution in [0.4, 0.5) is 5.69 Å². The van der Waals surface area contributed by atoms with E-state index >= 15 is 0 Å². The molecule has 1 aromatic heterocycles. The number of aromatic nitrogens is 2. The van der Waals surface area contributed by atoms with E-state index < -0.39 is 0 Å². The smallest absolute Gasteiger partial charge is 0.227 e. The molecule has 0 radical (unpaired) electrons. The summed E-state index contributed by atoms with van der Waals surface area (Å²) < 4.78 is 1.74. The van der Waals surface area contributed by atoms with Gasteiger partial charge in [0.05, 0.1) is 17.6 Å². The average molecular weight is 234 g/mol. The van der Waals surface area contributed by atoms with Gasteiger partial charge in [-0.2, -0.15) is 5.10 Å². The number of hydrogen-bond acceptors (Lipinski definition) is 3. The van der Waals surface area contributed by atoms with E-state index in [9.17, 15) is 4.79 Å². The highest BCUT2D eigenvalue weighted by atomic mass is 16.2. The molecule has 1 fully saturated rings. The topological polar surface area (TPSA) is 86.9 Å². The Labute approximate surface area is 98.6 Å². The van der Waals surface area contributed by atoms with E-state index in [-0.39, 0.29) is 11.8 Å². The van der Waals surface area contributed by atoms with E-state index in [4.69, 9.17) is 5.53 Å². The first-order chi connectivity index (χ1) is 8.13. The minimum Gasteiger partial charge on any atom is -0.309 e. The average Bonchev–Trinajstić information content (AvgIpc) is 2.82. The lowest BCUT2D eigenvalue weighted by atomic mass is 10.1. The summed E-state index contributed by atoms with van der Waals surface area (Å²) in [7, 11) is 1.84. The largest absolute Gasteiger partial charge is 0.309 e. The molecule has 0 bridgehead atoms.